The summed E-state index contributed by atoms with van der Waals surface area (Å²) in [6.45, 7) is 0. The molecule has 0 aliphatic carbocycles. The first-order valence-corrected chi connectivity index (χ1v) is 11.6. The van der Waals surface area contributed by atoms with Gasteiger partial charge in [0.1, 0.15) is 5.82 Å². The summed E-state index contributed by atoms with van der Waals surface area (Å²) in [5.41, 5.74) is 2.27. The fourth-order valence-electron chi connectivity index (χ4n) is 3.73. The van der Waals surface area contributed by atoms with Crippen molar-refractivity contribution in [2.24, 2.45) is 0 Å². The molecule has 5 rings (SSSR count). The summed E-state index contributed by atoms with van der Waals surface area (Å²) in [4.78, 5) is 27.9. The molecular weight excluding hydrogens is 467 g/mol. The van der Waals surface area contributed by atoms with E-state index in [9.17, 15) is 14.0 Å². The smallest absolute Gasteiger partial charge is 0.270 e. The van der Waals surface area contributed by atoms with Gasteiger partial charge in [0.15, 0.2) is 4.32 Å². The summed E-state index contributed by atoms with van der Waals surface area (Å²) in [6, 6.07) is 26.1. The van der Waals surface area contributed by atoms with E-state index in [4.69, 9.17) is 12.2 Å². The Morgan fingerprint density at radius 2 is 1.68 bits per heavy atom. The lowest BCUT2D eigenvalue weighted by atomic mass is 10.0. The number of nitrogens with one attached hydrogen (secondary N) is 1. The first-order valence-electron chi connectivity index (χ1n) is 10.4. The zero-order valence-corrected chi connectivity index (χ0v) is 19.3. The van der Waals surface area contributed by atoms with Gasteiger partial charge in [0, 0.05) is 11.3 Å². The van der Waals surface area contributed by atoms with E-state index in [0.717, 1.165) is 16.3 Å². The number of hydrogen-bond donors (Lipinski definition) is 1. The van der Waals surface area contributed by atoms with Crippen molar-refractivity contribution < 1.29 is 14.0 Å². The summed E-state index contributed by atoms with van der Waals surface area (Å²) in [7, 11) is 0. The molecule has 4 aromatic carbocycles. The van der Waals surface area contributed by atoms with Crippen LogP contribution in [0.15, 0.2) is 95.9 Å². The Balaban J connectivity index is 1.41. The van der Waals surface area contributed by atoms with Crippen LogP contribution in [-0.4, -0.2) is 16.1 Å². The number of rotatable bonds is 4. The number of carbonyl (C=O) groups is 2. The van der Waals surface area contributed by atoms with Crippen LogP contribution in [0.5, 0.6) is 0 Å². The molecule has 1 aliphatic heterocycles. The van der Waals surface area contributed by atoms with Gasteiger partial charge in [-0.3, -0.25) is 14.5 Å². The molecule has 1 aliphatic rings. The van der Waals surface area contributed by atoms with E-state index < -0.39 is 0 Å². The van der Waals surface area contributed by atoms with Gasteiger partial charge in [0.25, 0.3) is 11.8 Å². The quantitative estimate of drug-likeness (QED) is 0.261. The van der Waals surface area contributed by atoms with Gasteiger partial charge in [0.2, 0.25) is 0 Å². The second-order valence-electron chi connectivity index (χ2n) is 7.60. The molecule has 4 aromatic rings. The summed E-state index contributed by atoms with van der Waals surface area (Å²) in [5, 5.41) is 4.87. The second-order valence-corrected chi connectivity index (χ2v) is 9.27. The molecule has 1 N–H and O–H groups in total. The highest BCUT2D eigenvalue weighted by atomic mass is 32.2. The van der Waals surface area contributed by atoms with E-state index in [0.29, 0.717) is 26.2 Å². The summed E-state index contributed by atoms with van der Waals surface area (Å²) >= 11 is 6.74. The Kier molecular flexibility index (Phi) is 5.96. The standard InChI is InChI=1S/C27H17FN2O2S2/c28-20-11-13-21(14-12-20)29-25(31)19-8-4-9-22(15-19)30-26(32)24(34-27(30)33)16-18-7-3-6-17-5-1-2-10-23(17)18/h1-16H,(H,29,31)/b24-16+. The predicted molar refractivity (Wildman–Crippen MR) is 140 cm³/mol. The van der Waals surface area contributed by atoms with Crippen molar-refractivity contribution in [2.75, 3.05) is 10.2 Å². The molecule has 0 unspecified atom stereocenters. The van der Waals surface area contributed by atoms with Crippen LogP contribution in [0, 0.1) is 5.82 Å². The molecular formula is C27H17FN2O2S2. The Hall–Kier alpha value is -3.81. The van der Waals surface area contributed by atoms with Crippen LogP contribution in [0.4, 0.5) is 15.8 Å². The van der Waals surface area contributed by atoms with Gasteiger partial charge in [0.05, 0.1) is 10.6 Å². The Bertz CT molecular complexity index is 1480. The van der Waals surface area contributed by atoms with Gasteiger partial charge in [-0.2, -0.15) is 0 Å². The number of thiocarbonyl (C=S) groups is 1. The van der Waals surface area contributed by atoms with Gasteiger partial charge in [-0.1, -0.05) is 72.5 Å². The molecule has 34 heavy (non-hydrogen) atoms. The lowest BCUT2D eigenvalue weighted by Gasteiger charge is -2.15. The average molecular weight is 485 g/mol. The van der Waals surface area contributed by atoms with E-state index in [1.165, 1.54) is 40.9 Å². The molecule has 2 amide bonds. The maximum Gasteiger partial charge on any atom is 0.270 e. The van der Waals surface area contributed by atoms with E-state index in [1.54, 1.807) is 24.3 Å². The minimum atomic E-state index is -0.383. The first kappa shape index (κ1) is 22.0. The maximum atomic E-state index is 13.3. The molecule has 0 atom stereocenters. The number of carbonyl (C=O) groups excluding carboxylic acids is 2. The molecule has 4 nitrogen and oxygen atoms in total. The number of halogens is 1. The third kappa shape index (κ3) is 4.35. The number of hydrogen-bond acceptors (Lipinski definition) is 4. The fourth-order valence-corrected chi connectivity index (χ4v) is 5.02. The third-order valence-corrected chi connectivity index (χ3v) is 6.67. The molecule has 7 heteroatoms. The highest BCUT2D eigenvalue weighted by molar-refractivity contribution is 8.27. The van der Waals surface area contributed by atoms with Crippen molar-refractivity contribution in [1.82, 2.24) is 0 Å². The third-order valence-electron chi connectivity index (χ3n) is 5.37. The van der Waals surface area contributed by atoms with Crippen molar-refractivity contribution in [3.05, 3.63) is 113 Å². The highest BCUT2D eigenvalue weighted by Gasteiger charge is 2.33. The van der Waals surface area contributed by atoms with Crippen LogP contribution < -0.4 is 10.2 Å². The van der Waals surface area contributed by atoms with Crippen LogP contribution in [0.1, 0.15) is 15.9 Å². The van der Waals surface area contributed by atoms with Crippen LogP contribution in [0.2, 0.25) is 0 Å². The second kappa shape index (κ2) is 9.21. The maximum absolute atomic E-state index is 13.3. The van der Waals surface area contributed by atoms with E-state index in [2.05, 4.69) is 5.32 Å². The Morgan fingerprint density at radius 1 is 0.941 bits per heavy atom. The summed E-state index contributed by atoms with van der Waals surface area (Å²) in [5.74, 6) is -0.991. The van der Waals surface area contributed by atoms with Gasteiger partial charge < -0.3 is 5.32 Å². The van der Waals surface area contributed by atoms with E-state index in [1.807, 2.05) is 48.5 Å². The van der Waals surface area contributed by atoms with Crippen molar-refractivity contribution in [2.45, 2.75) is 0 Å². The predicted octanol–water partition coefficient (Wildman–Crippen LogP) is 6.64. The minimum absolute atomic E-state index is 0.237. The van der Waals surface area contributed by atoms with Gasteiger partial charge in [-0.05, 0) is 64.9 Å². The van der Waals surface area contributed by atoms with Crippen molar-refractivity contribution in [3.8, 4) is 0 Å². The van der Waals surface area contributed by atoms with E-state index in [-0.39, 0.29) is 17.6 Å². The molecule has 0 radical (unpaired) electrons. The van der Waals surface area contributed by atoms with E-state index >= 15 is 0 Å². The van der Waals surface area contributed by atoms with Crippen LogP contribution in [0.3, 0.4) is 0 Å². The molecule has 1 heterocycles. The molecule has 0 saturated carbocycles. The van der Waals surface area contributed by atoms with Crippen LogP contribution >= 0.6 is 24.0 Å². The molecule has 0 bridgehead atoms. The lowest BCUT2D eigenvalue weighted by molar-refractivity contribution is -0.113. The van der Waals surface area contributed by atoms with Crippen LogP contribution in [-0.2, 0) is 4.79 Å². The van der Waals surface area contributed by atoms with Gasteiger partial charge in [-0.15, -0.1) is 0 Å². The topological polar surface area (TPSA) is 49.4 Å². The zero-order chi connectivity index (χ0) is 23.7. The van der Waals surface area contributed by atoms with Crippen molar-refractivity contribution in [1.29, 1.82) is 0 Å². The monoisotopic (exact) mass is 484 g/mol. The number of fused-ring (bicyclic) bond motifs is 1. The normalized spacial score (nSPS) is 14.7. The SMILES string of the molecule is O=C(Nc1ccc(F)cc1)c1cccc(N2C(=O)/C(=C\c3cccc4ccccc34)SC2=S)c1. The van der Waals surface area contributed by atoms with Gasteiger partial charge in [-0.25, -0.2) is 4.39 Å². The largest absolute Gasteiger partial charge is 0.322 e. The van der Waals surface area contributed by atoms with Crippen LogP contribution in [0.25, 0.3) is 16.8 Å². The number of anilines is 2. The van der Waals surface area contributed by atoms with Crippen molar-refractivity contribution in [3.63, 3.8) is 0 Å². The molecule has 1 saturated heterocycles. The summed E-state index contributed by atoms with van der Waals surface area (Å²) in [6.07, 6.45) is 1.85. The number of thioether (sulfide) groups is 1. The highest BCUT2D eigenvalue weighted by Crippen LogP contribution is 2.37. The van der Waals surface area contributed by atoms with Gasteiger partial charge >= 0.3 is 0 Å². The molecule has 0 spiro atoms. The van der Waals surface area contributed by atoms with Crippen molar-refractivity contribution >= 4 is 68.3 Å². The molecule has 0 aromatic heterocycles. The lowest BCUT2D eigenvalue weighted by Crippen LogP contribution is -2.27. The number of benzene rings is 4. The zero-order valence-electron chi connectivity index (χ0n) is 17.7. The molecule has 166 valence electrons. The first-order chi connectivity index (χ1) is 16.5. The molecule has 1 fully saturated rings. The number of amides is 2. The minimum Gasteiger partial charge on any atom is -0.322 e. The Morgan fingerprint density at radius 3 is 2.50 bits per heavy atom. The summed E-state index contributed by atoms with van der Waals surface area (Å²) < 4.78 is 13.5. The Labute approximate surface area is 205 Å². The average Bonchev–Trinajstić information content (AvgIpc) is 3.13. The fraction of sp³-hybridized carbons (Fsp3) is 0. The number of nitrogens with zero attached hydrogens (tertiary/aromatic N) is 1.